The third-order valence-corrected chi connectivity index (χ3v) is 4.47. The van der Waals surface area contributed by atoms with Gasteiger partial charge in [-0.15, -0.1) is 0 Å². The third-order valence-electron chi connectivity index (χ3n) is 4.47. The van der Waals surface area contributed by atoms with Gasteiger partial charge in [0.25, 0.3) is 0 Å². The van der Waals surface area contributed by atoms with Crippen LogP contribution in [0.25, 0.3) is 5.65 Å². The van der Waals surface area contributed by atoms with Gasteiger partial charge in [-0.25, -0.2) is 9.78 Å². The number of nitrogens with one attached hydrogen (secondary N) is 1. The van der Waals surface area contributed by atoms with Crippen LogP contribution in [-0.2, 0) is 13.1 Å². The molecule has 8 nitrogen and oxygen atoms in total. The van der Waals surface area contributed by atoms with E-state index in [0.29, 0.717) is 24.3 Å². The lowest BCUT2D eigenvalue weighted by atomic mass is 10.1. The lowest BCUT2D eigenvalue weighted by Crippen LogP contribution is -2.30. The SMILES string of the molecule is CN(Cc1ccc(C#N)cc1)C(=O)Nc1cnn(Cc2cn3ccccc3n2)c1. The number of aromatic nitrogens is 4. The number of nitrogens with zero attached hydrogens (tertiary/aromatic N) is 6. The normalized spacial score (nSPS) is 10.6. The van der Waals surface area contributed by atoms with Crippen molar-refractivity contribution in [3.63, 3.8) is 0 Å². The summed E-state index contributed by atoms with van der Waals surface area (Å²) in [4.78, 5) is 18.6. The van der Waals surface area contributed by atoms with Gasteiger partial charge in [0.1, 0.15) is 5.65 Å². The second-order valence-electron chi connectivity index (χ2n) is 6.72. The molecule has 0 aliphatic heterocycles. The number of carbonyl (C=O) groups excluding carboxylic acids is 1. The van der Waals surface area contributed by atoms with Crippen LogP contribution in [-0.4, -0.2) is 37.1 Å². The smallest absolute Gasteiger partial charge is 0.321 e. The van der Waals surface area contributed by atoms with Crippen LogP contribution in [0.3, 0.4) is 0 Å². The van der Waals surface area contributed by atoms with Crippen LogP contribution in [0.2, 0.25) is 0 Å². The maximum absolute atomic E-state index is 12.4. The van der Waals surface area contributed by atoms with Crippen molar-refractivity contribution in [3.05, 3.63) is 84.1 Å². The average Bonchev–Trinajstić information content (AvgIpc) is 3.34. The molecular formula is C21H19N7O. The van der Waals surface area contributed by atoms with Crippen LogP contribution >= 0.6 is 0 Å². The zero-order valence-electron chi connectivity index (χ0n) is 15.9. The molecule has 0 saturated carbocycles. The zero-order chi connectivity index (χ0) is 20.2. The van der Waals surface area contributed by atoms with Crippen LogP contribution in [0.1, 0.15) is 16.8 Å². The first kappa shape index (κ1) is 18.3. The van der Waals surface area contributed by atoms with Gasteiger partial charge in [-0.1, -0.05) is 18.2 Å². The van der Waals surface area contributed by atoms with E-state index in [4.69, 9.17) is 5.26 Å². The topological polar surface area (TPSA) is 91.3 Å². The molecule has 2 amide bonds. The molecule has 3 aromatic heterocycles. The predicted octanol–water partition coefficient (Wildman–Crippen LogP) is 3.11. The second-order valence-corrected chi connectivity index (χ2v) is 6.72. The van der Waals surface area contributed by atoms with Crippen LogP contribution in [0, 0.1) is 11.3 Å². The van der Waals surface area contributed by atoms with Crippen molar-refractivity contribution < 1.29 is 4.79 Å². The van der Waals surface area contributed by atoms with Crippen molar-refractivity contribution in [1.82, 2.24) is 24.1 Å². The van der Waals surface area contributed by atoms with E-state index in [1.807, 2.05) is 47.1 Å². The number of urea groups is 1. The van der Waals surface area contributed by atoms with Crippen molar-refractivity contribution in [2.24, 2.45) is 0 Å². The molecule has 3 heterocycles. The number of rotatable bonds is 5. The van der Waals surface area contributed by atoms with E-state index in [1.54, 1.807) is 41.2 Å². The lowest BCUT2D eigenvalue weighted by Gasteiger charge is -2.17. The average molecular weight is 385 g/mol. The van der Waals surface area contributed by atoms with Gasteiger partial charge in [0.15, 0.2) is 0 Å². The van der Waals surface area contributed by atoms with Gasteiger partial charge in [0, 0.05) is 32.2 Å². The summed E-state index contributed by atoms with van der Waals surface area (Å²) in [6, 6.07) is 14.9. The predicted molar refractivity (Wildman–Crippen MR) is 108 cm³/mol. The molecule has 0 aliphatic carbocycles. The Labute approximate surface area is 167 Å². The Hall–Kier alpha value is -4.12. The van der Waals surface area contributed by atoms with Crippen molar-refractivity contribution >= 4 is 17.4 Å². The van der Waals surface area contributed by atoms with Gasteiger partial charge < -0.3 is 14.6 Å². The summed E-state index contributed by atoms with van der Waals surface area (Å²) >= 11 is 0. The molecule has 1 N–H and O–H groups in total. The number of hydrogen-bond donors (Lipinski definition) is 1. The highest BCUT2D eigenvalue weighted by atomic mass is 16.2. The van der Waals surface area contributed by atoms with Crippen LogP contribution in [0.4, 0.5) is 10.5 Å². The molecule has 0 atom stereocenters. The van der Waals surface area contributed by atoms with E-state index in [0.717, 1.165) is 16.9 Å². The van der Waals surface area contributed by atoms with Gasteiger partial charge in [0.05, 0.1) is 35.8 Å². The van der Waals surface area contributed by atoms with Crippen LogP contribution in [0.5, 0.6) is 0 Å². The standard InChI is InChI=1S/C21H19N7O/c1-26(12-17-7-5-16(10-22)6-8-17)21(29)25-18-11-23-28(14-18)15-19-13-27-9-3-2-4-20(27)24-19/h2-9,11,13-14H,12,15H2,1H3,(H,25,29). The Morgan fingerprint density at radius 1 is 1.21 bits per heavy atom. The third kappa shape index (κ3) is 4.25. The maximum atomic E-state index is 12.4. The molecule has 0 aliphatic rings. The molecule has 0 saturated heterocycles. The van der Waals surface area contributed by atoms with E-state index in [9.17, 15) is 4.79 Å². The summed E-state index contributed by atoms with van der Waals surface area (Å²) in [6.45, 7) is 0.950. The summed E-state index contributed by atoms with van der Waals surface area (Å²) in [5, 5.41) is 16.0. The minimum Gasteiger partial charge on any atom is -0.323 e. The number of benzene rings is 1. The quantitative estimate of drug-likeness (QED) is 0.571. The lowest BCUT2D eigenvalue weighted by molar-refractivity contribution is 0.220. The first-order chi connectivity index (χ1) is 14.1. The number of pyridine rings is 1. The highest BCUT2D eigenvalue weighted by Crippen LogP contribution is 2.11. The molecule has 8 heteroatoms. The minimum absolute atomic E-state index is 0.235. The molecule has 144 valence electrons. The Morgan fingerprint density at radius 3 is 2.79 bits per heavy atom. The highest BCUT2D eigenvalue weighted by Gasteiger charge is 2.11. The summed E-state index contributed by atoms with van der Waals surface area (Å²) in [6.07, 6.45) is 7.30. The summed E-state index contributed by atoms with van der Waals surface area (Å²) in [5.41, 5.74) is 3.93. The minimum atomic E-state index is -0.235. The zero-order valence-corrected chi connectivity index (χ0v) is 15.9. The molecule has 0 bridgehead atoms. The molecule has 0 fully saturated rings. The van der Waals surface area contributed by atoms with Gasteiger partial charge in [0.2, 0.25) is 0 Å². The first-order valence-electron chi connectivity index (χ1n) is 9.07. The number of imidazole rings is 1. The first-order valence-corrected chi connectivity index (χ1v) is 9.07. The van der Waals surface area contributed by atoms with Crippen LogP contribution < -0.4 is 5.32 Å². The summed E-state index contributed by atoms with van der Waals surface area (Å²) in [7, 11) is 1.72. The monoisotopic (exact) mass is 385 g/mol. The molecule has 0 spiro atoms. The maximum Gasteiger partial charge on any atom is 0.321 e. The molecular weight excluding hydrogens is 366 g/mol. The fraction of sp³-hybridized carbons (Fsp3) is 0.143. The van der Waals surface area contributed by atoms with Crippen molar-refractivity contribution in [2.45, 2.75) is 13.1 Å². The number of nitriles is 1. The molecule has 4 aromatic rings. The second kappa shape index (κ2) is 7.86. The Bertz CT molecular complexity index is 1150. The van der Waals surface area contributed by atoms with E-state index in [-0.39, 0.29) is 6.03 Å². The van der Waals surface area contributed by atoms with Crippen molar-refractivity contribution in [2.75, 3.05) is 12.4 Å². The van der Waals surface area contributed by atoms with Crippen LogP contribution in [0.15, 0.2) is 67.3 Å². The largest absolute Gasteiger partial charge is 0.323 e. The number of anilines is 1. The summed E-state index contributed by atoms with van der Waals surface area (Å²) < 4.78 is 3.69. The fourth-order valence-corrected chi connectivity index (χ4v) is 2.99. The number of fused-ring (bicyclic) bond motifs is 1. The molecule has 1 aromatic carbocycles. The molecule has 0 radical (unpaired) electrons. The van der Waals surface area contributed by atoms with Gasteiger partial charge >= 0.3 is 6.03 Å². The van der Waals surface area contributed by atoms with Gasteiger partial charge in [-0.3, -0.25) is 4.68 Å². The number of hydrogen-bond acceptors (Lipinski definition) is 4. The Kier molecular flexibility index (Phi) is 4.95. The highest BCUT2D eigenvalue weighted by molar-refractivity contribution is 5.88. The Balaban J connectivity index is 1.36. The fourth-order valence-electron chi connectivity index (χ4n) is 2.99. The Morgan fingerprint density at radius 2 is 2.03 bits per heavy atom. The number of amides is 2. The van der Waals surface area contributed by atoms with E-state index >= 15 is 0 Å². The van der Waals surface area contributed by atoms with Crippen molar-refractivity contribution in [3.8, 4) is 6.07 Å². The number of carbonyl (C=O) groups is 1. The van der Waals surface area contributed by atoms with Gasteiger partial charge in [-0.2, -0.15) is 10.4 Å². The van der Waals surface area contributed by atoms with Crippen molar-refractivity contribution in [1.29, 1.82) is 5.26 Å². The van der Waals surface area contributed by atoms with E-state index in [1.165, 1.54) is 0 Å². The molecule has 4 rings (SSSR count). The van der Waals surface area contributed by atoms with Gasteiger partial charge in [-0.05, 0) is 29.8 Å². The van der Waals surface area contributed by atoms with E-state index < -0.39 is 0 Å². The molecule has 0 unspecified atom stereocenters. The summed E-state index contributed by atoms with van der Waals surface area (Å²) in [5.74, 6) is 0. The molecule has 29 heavy (non-hydrogen) atoms. The van der Waals surface area contributed by atoms with E-state index in [2.05, 4.69) is 21.5 Å².